The molecular formula is C19H30N4O2. The van der Waals surface area contributed by atoms with Crippen LogP contribution in [0.25, 0.3) is 0 Å². The molecule has 2 rings (SSSR count). The Hall–Kier alpha value is -2.08. The molecule has 0 radical (unpaired) electrons. The standard InChI is InChI=1S/C19H30N4O2/c1-14(12-13-23(2)3)20-19(25)22-17-10-8-15(9-11-17)18(24)21-16-6-4-5-7-16/h8-11,14,16H,4-7,12-13H2,1-3H3,(H,21,24)(H2,20,22,25). The number of rotatable bonds is 7. The van der Waals surface area contributed by atoms with Gasteiger partial charge >= 0.3 is 6.03 Å². The maximum atomic E-state index is 12.2. The first-order valence-corrected chi connectivity index (χ1v) is 9.07. The number of carbonyl (C=O) groups excluding carboxylic acids is 2. The van der Waals surface area contributed by atoms with Gasteiger partial charge in [0.15, 0.2) is 0 Å². The second kappa shape index (κ2) is 9.42. The van der Waals surface area contributed by atoms with E-state index in [1.165, 1.54) is 12.8 Å². The molecule has 138 valence electrons. The van der Waals surface area contributed by atoms with Gasteiger partial charge in [0, 0.05) is 23.3 Å². The maximum Gasteiger partial charge on any atom is 0.319 e. The van der Waals surface area contributed by atoms with Crippen LogP contribution in [0.3, 0.4) is 0 Å². The Bertz CT molecular complexity index is 565. The van der Waals surface area contributed by atoms with Crippen molar-refractivity contribution < 1.29 is 9.59 Å². The van der Waals surface area contributed by atoms with Crippen LogP contribution in [-0.2, 0) is 0 Å². The summed E-state index contributed by atoms with van der Waals surface area (Å²) >= 11 is 0. The minimum absolute atomic E-state index is 0.0415. The first kappa shape index (κ1) is 19.2. The highest BCUT2D eigenvalue weighted by Crippen LogP contribution is 2.18. The van der Waals surface area contributed by atoms with Crippen molar-refractivity contribution in [2.24, 2.45) is 0 Å². The van der Waals surface area contributed by atoms with Gasteiger partial charge in [0.2, 0.25) is 0 Å². The highest BCUT2D eigenvalue weighted by Gasteiger charge is 2.17. The zero-order chi connectivity index (χ0) is 18.2. The summed E-state index contributed by atoms with van der Waals surface area (Å²) in [5, 5.41) is 8.78. The van der Waals surface area contributed by atoms with E-state index in [-0.39, 0.29) is 18.0 Å². The largest absolute Gasteiger partial charge is 0.349 e. The van der Waals surface area contributed by atoms with E-state index in [9.17, 15) is 9.59 Å². The molecule has 1 aliphatic carbocycles. The smallest absolute Gasteiger partial charge is 0.319 e. The lowest BCUT2D eigenvalue weighted by atomic mass is 10.1. The number of hydrogen-bond donors (Lipinski definition) is 3. The topological polar surface area (TPSA) is 73.5 Å². The lowest BCUT2D eigenvalue weighted by Crippen LogP contribution is -2.37. The Kier molecular flexibility index (Phi) is 7.25. The lowest BCUT2D eigenvalue weighted by Gasteiger charge is -2.17. The van der Waals surface area contributed by atoms with Crippen LogP contribution in [0, 0.1) is 0 Å². The van der Waals surface area contributed by atoms with Crippen LogP contribution >= 0.6 is 0 Å². The quantitative estimate of drug-likeness (QED) is 0.711. The molecule has 6 heteroatoms. The number of anilines is 1. The maximum absolute atomic E-state index is 12.2. The molecule has 1 aromatic carbocycles. The molecule has 0 spiro atoms. The molecule has 6 nitrogen and oxygen atoms in total. The van der Waals surface area contributed by atoms with Crippen molar-refractivity contribution in [2.45, 2.75) is 51.1 Å². The number of urea groups is 1. The highest BCUT2D eigenvalue weighted by atomic mass is 16.2. The van der Waals surface area contributed by atoms with Crippen LogP contribution in [0.4, 0.5) is 10.5 Å². The van der Waals surface area contributed by atoms with Crippen LogP contribution in [0.15, 0.2) is 24.3 Å². The van der Waals surface area contributed by atoms with Crippen molar-refractivity contribution in [3.05, 3.63) is 29.8 Å². The monoisotopic (exact) mass is 346 g/mol. The van der Waals surface area contributed by atoms with Crippen LogP contribution in [0.1, 0.15) is 49.4 Å². The van der Waals surface area contributed by atoms with Crippen molar-refractivity contribution in [3.8, 4) is 0 Å². The van der Waals surface area contributed by atoms with Gasteiger partial charge in [-0.3, -0.25) is 4.79 Å². The van der Waals surface area contributed by atoms with Crippen molar-refractivity contribution in [1.29, 1.82) is 0 Å². The zero-order valence-electron chi connectivity index (χ0n) is 15.5. The van der Waals surface area contributed by atoms with Crippen LogP contribution < -0.4 is 16.0 Å². The number of hydrogen-bond acceptors (Lipinski definition) is 3. The van der Waals surface area contributed by atoms with Gasteiger partial charge in [0.05, 0.1) is 0 Å². The second-order valence-corrected chi connectivity index (χ2v) is 7.12. The molecule has 0 heterocycles. The van der Waals surface area contributed by atoms with Gasteiger partial charge in [0.25, 0.3) is 5.91 Å². The third kappa shape index (κ3) is 6.74. The van der Waals surface area contributed by atoms with Crippen LogP contribution in [-0.4, -0.2) is 49.6 Å². The van der Waals surface area contributed by atoms with Crippen LogP contribution in [0.5, 0.6) is 0 Å². The Morgan fingerprint density at radius 2 is 1.80 bits per heavy atom. The highest BCUT2D eigenvalue weighted by molar-refractivity contribution is 5.95. The summed E-state index contributed by atoms with van der Waals surface area (Å²) in [5.74, 6) is -0.0415. The fourth-order valence-electron chi connectivity index (χ4n) is 2.96. The number of nitrogens with zero attached hydrogens (tertiary/aromatic N) is 1. The molecule has 3 N–H and O–H groups in total. The summed E-state index contributed by atoms with van der Waals surface area (Å²) < 4.78 is 0. The fraction of sp³-hybridized carbons (Fsp3) is 0.579. The second-order valence-electron chi connectivity index (χ2n) is 7.12. The van der Waals surface area contributed by atoms with Crippen molar-refractivity contribution in [3.63, 3.8) is 0 Å². The molecule has 3 amide bonds. The first-order chi connectivity index (χ1) is 11.9. The van der Waals surface area contributed by atoms with Gasteiger partial charge in [-0.15, -0.1) is 0 Å². The molecule has 1 unspecified atom stereocenters. The number of amides is 3. The van der Waals surface area contributed by atoms with Gasteiger partial charge in [0.1, 0.15) is 0 Å². The van der Waals surface area contributed by atoms with Gasteiger partial charge in [-0.2, -0.15) is 0 Å². The third-order valence-corrected chi connectivity index (χ3v) is 4.48. The van der Waals surface area contributed by atoms with Gasteiger partial charge < -0.3 is 20.9 Å². The summed E-state index contributed by atoms with van der Waals surface area (Å²) in [4.78, 5) is 26.3. The van der Waals surface area contributed by atoms with Crippen molar-refractivity contribution in [2.75, 3.05) is 26.0 Å². The minimum atomic E-state index is -0.227. The summed E-state index contributed by atoms with van der Waals surface area (Å²) in [6.07, 6.45) is 5.40. The number of nitrogens with one attached hydrogen (secondary N) is 3. The Balaban J connectivity index is 1.78. The molecule has 0 bridgehead atoms. The van der Waals surface area contributed by atoms with Gasteiger partial charge in [-0.1, -0.05) is 12.8 Å². The molecule has 1 saturated carbocycles. The van der Waals surface area contributed by atoms with E-state index in [1.54, 1.807) is 24.3 Å². The summed E-state index contributed by atoms with van der Waals surface area (Å²) in [5.41, 5.74) is 1.30. The molecule has 0 aliphatic heterocycles. The first-order valence-electron chi connectivity index (χ1n) is 9.07. The van der Waals surface area contributed by atoms with E-state index in [0.717, 1.165) is 25.8 Å². The van der Waals surface area contributed by atoms with E-state index in [4.69, 9.17) is 0 Å². The summed E-state index contributed by atoms with van der Waals surface area (Å²) in [6, 6.07) is 7.18. The van der Waals surface area contributed by atoms with E-state index >= 15 is 0 Å². The Morgan fingerprint density at radius 1 is 1.16 bits per heavy atom. The normalized spacial score (nSPS) is 15.8. The van der Waals surface area contributed by atoms with E-state index in [2.05, 4.69) is 20.9 Å². The minimum Gasteiger partial charge on any atom is -0.349 e. The van der Waals surface area contributed by atoms with E-state index in [0.29, 0.717) is 17.3 Å². The van der Waals surface area contributed by atoms with Crippen molar-refractivity contribution in [1.82, 2.24) is 15.5 Å². The predicted octanol–water partition coefficient (Wildman–Crippen LogP) is 2.82. The predicted molar refractivity (Wildman–Crippen MR) is 101 cm³/mol. The zero-order valence-corrected chi connectivity index (χ0v) is 15.5. The molecule has 1 aromatic rings. The molecule has 0 aromatic heterocycles. The summed E-state index contributed by atoms with van der Waals surface area (Å²) in [7, 11) is 4.02. The summed E-state index contributed by atoms with van der Waals surface area (Å²) in [6.45, 7) is 2.91. The molecule has 1 atom stereocenters. The van der Waals surface area contributed by atoms with E-state index in [1.807, 2.05) is 21.0 Å². The Morgan fingerprint density at radius 3 is 2.40 bits per heavy atom. The third-order valence-electron chi connectivity index (χ3n) is 4.48. The molecular weight excluding hydrogens is 316 g/mol. The SMILES string of the molecule is CC(CCN(C)C)NC(=O)Nc1ccc(C(=O)NC2CCCC2)cc1. The lowest BCUT2D eigenvalue weighted by molar-refractivity contribution is 0.0938. The van der Waals surface area contributed by atoms with Crippen LogP contribution in [0.2, 0.25) is 0 Å². The number of benzene rings is 1. The van der Waals surface area contributed by atoms with E-state index < -0.39 is 0 Å². The average molecular weight is 346 g/mol. The Labute approximate surface area is 150 Å². The van der Waals surface area contributed by atoms with Crippen molar-refractivity contribution >= 4 is 17.6 Å². The van der Waals surface area contributed by atoms with Gasteiger partial charge in [-0.05, 0) is 71.1 Å². The number of carbonyl (C=O) groups is 2. The molecule has 0 saturated heterocycles. The molecule has 1 fully saturated rings. The molecule has 1 aliphatic rings. The molecule has 25 heavy (non-hydrogen) atoms. The van der Waals surface area contributed by atoms with Gasteiger partial charge in [-0.25, -0.2) is 4.79 Å². The fourth-order valence-corrected chi connectivity index (χ4v) is 2.96. The average Bonchev–Trinajstić information content (AvgIpc) is 3.06.